The highest BCUT2D eigenvalue weighted by Gasteiger charge is 2.05. The molecule has 0 radical (unpaired) electrons. The fourth-order valence-electron chi connectivity index (χ4n) is 1.32. The molecule has 0 saturated carbocycles. The monoisotopic (exact) mass is 312 g/mol. The van der Waals surface area contributed by atoms with Crippen LogP contribution in [-0.4, -0.2) is 18.7 Å². The lowest BCUT2D eigenvalue weighted by Crippen LogP contribution is -2.17. The molecule has 1 amide bonds. The summed E-state index contributed by atoms with van der Waals surface area (Å²) in [5.41, 5.74) is 0.396. The van der Waals surface area contributed by atoms with E-state index in [0.717, 1.165) is 4.88 Å². The third-order valence-corrected chi connectivity index (χ3v) is 3.29. The van der Waals surface area contributed by atoms with Crippen LogP contribution in [0.2, 0.25) is 5.02 Å². The number of nitrogens with zero attached hydrogens (tertiary/aromatic N) is 1. The van der Waals surface area contributed by atoms with Gasteiger partial charge in [0, 0.05) is 10.6 Å². The first-order chi connectivity index (χ1) is 9.65. The molecule has 0 bridgehead atoms. The molecule has 0 atom stereocenters. The summed E-state index contributed by atoms with van der Waals surface area (Å²) >= 11 is 7.11. The van der Waals surface area contributed by atoms with Crippen molar-refractivity contribution in [1.82, 2.24) is 0 Å². The van der Waals surface area contributed by atoms with Crippen molar-refractivity contribution < 1.29 is 14.0 Å². The molecule has 0 aliphatic carbocycles. The van der Waals surface area contributed by atoms with Crippen molar-refractivity contribution in [3.8, 4) is 0 Å². The second-order valence-electron chi connectivity index (χ2n) is 3.70. The maximum absolute atomic E-state index is 12.9. The third kappa shape index (κ3) is 4.32. The van der Waals surface area contributed by atoms with Gasteiger partial charge in [0.2, 0.25) is 0 Å². The zero-order valence-corrected chi connectivity index (χ0v) is 11.7. The van der Waals surface area contributed by atoms with Gasteiger partial charge in [-0.15, -0.1) is 11.3 Å². The van der Waals surface area contributed by atoms with Crippen molar-refractivity contribution in [2.75, 3.05) is 11.9 Å². The zero-order chi connectivity index (χ0) is 14.4. The van der Waals surface area contributed by atoms with Gasteiger partial charge in [0.25, 0.3) is 5.91 Å². The topological polar surface area (TPSA) is 50.7 Å². The van der Waals surface area contributed by atoms with Gasteiger partial charge in [-0.2, -0.15) is 0 Å². The number of carbonyl (C=O) groups is 1. The Bertz CT molecular complexity index is 617. The first-order valence-corrected chi connectivity index (χ1v) is 6.84. The average molecular weight is 313 g/mol. The lowest BCUT2D eigenvalue weighted by Gasteiger charge is -2.04. The van der Waals surface area contributed by atoms with E-state index in [4.69, 9.17) is 16.4 Å². The molecule has 7 heteroatoms. The van der Waals surface area contributed by atoms with Crippen LogP contribution in [0.3, 0.4) is 0 Å². The predicted molar refractivity (Wildman–Crippen MR) is 77.9 cm³/mol. The molecule has 0 spiro atoms. The molecule has 1 aromatic carbocycles. The molecule has 1 aromatic heterocycles. The van der Waals surface area contributed by atoms with E-state index in [9.17, 15) is 9.18 Å². The molecule has 0 unspecified atom stereocenters. The van der Waals surface area contributed by atoms with E-state index >= 15 is 0 Å². The van der Waals surface area contributed by atoms with Gasteiger partial charge in [-0.25, -0.2) is 4.39 Å². The van der Waals surface area contributed by atoms with E-state index in [0.29, 0.717) is 5.69 Å². The number of hydrogen-bond donors (Lipinski definition) is 1. The lowest BCUT2D eigenvalue weighted by molar-refractivity contribution is -0.120. The highest BCUT2D eigenvalue weighted by molar-refractivity contribution is 7.11. The molecule has 0 fully saturated rings. The predicted octanol–water partition coefficient (Wildman–Crippen LogP) is 3.53. The molecule has 2 rings (SSSR count). The minimum absolute atomic E-state index is 0.0561. The summed E-state index contributed by atoms with van der Waals surface area (Å²) < 4.78 is 12.9. The molecule has 4 nitrogen and oxygen atoms in total. The van der Waals surface area contributed by atoms with Crippen LogP contribution in [0, 0.1) is 5.82 Å². The quantitative estimate of drug-likeness (QED) is 0.678. The van der Waals surface area contributed by atoms with Crippen molar-refractivity contribution in [1.29, 1.82) is 0 Å². The fourth-order valence-corrected chi connectivity index (χ4v) is 2.08. The number of halogens is 2. The Hall–Kier alpha value is -1.92. The molecule has 104 valence electrons. The lowest BCUT2D eigenvalue weighted by atomic mass is 10.3. The summed E-state index contributed by atoms with van der Waals surface area (Å²) in [5.74, 6) is -0.947. The first kappa shape index (κ1) is 14.5. The molecule has 0 saturated heterocycles. The van der Waals surface area contributed by atoms with Crippen molar-refractivity contribution in [3.05, 3.63) is 51.4 Å². The first-order valence-electron chi connectivity index (χ1n) is 5.59. The normalized spacial score (nSPS) is 10.7. The van der Waals surface area contributed by atoms with Crippen LogP contribution in [0.15, 0.2) is 40.9 Å². The summed E-state index contributed by atoms with van der Waals surface area (Å²) in [6.07, 6.45) is 1.52. The fraction of sp³-hybridized carbons (Fsp3) is 0.0769. The maximum Gasteiger partial charge on any atom is 0.265 e. The van der Waals surface area contributed by atoms with E-state index in [1.807, 2.05) is 17.5 Å². The summed E-state index contributed by atoms with van der Waals surface area (Å²) in [6, 6.07) is 7.67. The Morgan fingerprint density at radius 1 is 1.50 bits per heavy atom. The second-order valence-corrected chi connectivity index (χ2v) is 5.09. The number of carbonyl (C=O) groups excluding carboxylic acids is 1. The van der Waals surface area contributed by atoms with Crippen molar-refractivity contribution >= 4 is 40.7 Å². The smallest absolute Gasteiger partial charge is 0.265 e. The van der Waals surface area contributed by atoms with E-state index in [2.05, 4.69) is 10.5 Å². The second kappa shape index (κ2) is 7.02. The van der Waals surface area contributed by atoms with Gasteiger partial charge in [-0.1, -0.05) is 22.8 Å². The summed E-state index contributed by atoms with van der Waals surface area (Å²) in [4.78, 5) is 17.3. The largest absolute Gasteiger partial charge is 0.386 e. The summed E-state index contributed by atoms with van der Waals surface area (Å²) in [7, 11) is 0. The van der Waals surface area contributed by atoms with Crippen LogP contribution >= 0.6 is 22.9 Å². The molecular formula is C13H10ClFN2O2S. The molecule has 0 aliphatic rings. The number of rotatable bonds is 5. The van der Waals surface area contributed by atoms with Gasteiger partial charge in [0.15, 0.2) is 6.61 Å². The molecule has 2 aromatic rings. The van der Waals surface area contributed by atoms with Crippen molar-refractivity contribution in [2.45, 2.75) is 0 Å². The minimum Gasteiger partial charge on any atom is -0.386 e. The number of amides is 1. The minimum atomic E-state index is -0.540. The third-order valence-electron chi connectivity index (χ3n) is 2.20. The molecule has 1 heterocycles. The van der Waals surface area contributed by atoms with Gasteiger partial charge >= 0.3 is 0 Å². The average Bonchev–Trinajstić information content (AvgIpc) is 2.92. The van der Waals surface area contributed by atoms with Gasteiger partial charge < -0.3 is 10.2 Å². The summed E-state index contributed by atoms with van der Waals surface area (Å²) in [5, 5.41) is 8.04. The van der Waals surface area contributed by atoms with E-state index in [1.54, 1.807) is 0 Å². The Labute approximate surface area is 123 Å². The van der Waals surface area contributed by atoms with Crippen LogP contribution < -0.4 is 5.32 Å². The number of thiophene rings is 1. The van der Waals surface area contributed by atoms with Crippen LogP contribution in [0.4, 0.5) is 10.1 Å². The van der Waals surface area contributed by atoms with Crippen LogP contribution in [0.25, 0.3) is 0 Å². The van der Waals surface area contributed by atoms with E-state index in [1.165, 1.54) is 35.8 Å². The zero-order valence-electron chi connectivity index (χ0n) is 10.2. The van der Waals surface area contributed by atoms with Gasteiger partial charge in [0.1, 0.15) is 5.82 Å². The maximum atomic E-state index is 12.9. The van der Waals surface area contributed by atoms with Crippen LogP contribution in [0.5, 0.6) is 0 Å². The van der Waals surface area contributed by atoms with Gasteiger partial charge in [-0.3, -0.25) is 4.79 Å². The number of benzene rings is 1. The Balaban J connectivity index is 1.79. The van der Waals surface area contributed by atoms with E-state index in [-0.39, 0.29) is 11.6 Å². The van der Waals surface area contributed by atoms with Crippen LogP contribution in [-0.2, 0) is 9.63 Å². The van der Waals surface area contributed by atoms with E-state index < -0.39 is 11.7 Å². The van der Waals surface area contributed by atoms with Crippen molar-refractivity contribution in [2.24, 2.45) is 5.16 Å². The van der Waals surface area contributed by atoms with Crippen molar-refractivity contribution in [3.63, 3.8) is 0 Å². The Morgan fingerprint density at radius 2 is 2.35 bits per heavy atom. The molecule has 20 heavy (non-hydrogen) atoms. The number of anilines is 1. The Kier molecular flexibility index (Phi) is 5.09. The SMILES string of the molecule is O=C(CO/N=C/c1cccs1)Nc1ccc(F)c(Cl)c1. The van der Waals surface area contributed by atoms with Crippen LogP contribution in [0.1, 0.15) is 4.88 Å². The molecular weight excluding hydrogens is 303 g/mol. The standard InChI is InChI=1S/C13H10ClFN2O2S/c14-11-6-9(3-4-12(11)15)17-13(18)8-19-16-7-10-2-1-5-20-10/h1-7H,8H2,(H,17,18)/b16-7+. The summed E-state index contributed by atoms with van der Waals surface area (Å²) in [6.45, 7) is -0.239. The highest BCUT2D eigenvalue weighted by atomic mass is 35.5. The molecule has 1 N–H and O–H groups in total. The van der Waals surface area contributed by atoms with Gasteiger partial charge in [-0.05, 0) is 29.6 Å². The molecule has 0 aliphatic heterocycles. The van der Waals surface area contributed by atoms with Gasteiger partial charge in [0.05, 0.1) is 11.2 Å². The highest BCUT2D eigenvalue weighted by Crippen LogP contribution is 2.19. The Morgan fingerprint density at radius 3 is 3.05 bits per heavy atom. The number of hydrogen-bond acceptors (Lipinski definition) is 4. The number of oxime groups is 1. The number of nitrogens with one attached hydrogen (secondary N) is 1.